The van der Waals surface area contributed by atoms with Crippen LogP contribution in [0.25, 0.3) is 0 Å². The fraction of sp³-hybridized carbons (Fsp3) is 0.214. The molecule has 1 heterocycles. The van der Waals surface area contributed by atoms with E-state index in [4.69, 9.17) is 16.3 Å². The summed E-state index contributed by atoms with van der Waals surface area (Å²) in [4.78, 5) is 4.27. The molecule has 0 aliphatic carbocycles. The van der Waals surface area contributed by atoms with Gasteiger partial charge in [-0.25, -0.2) is 4.98 Å². The highest BCUT2D eigenvalue weighted by Gasteiger charge is 2.09. The number of ether oxygens (including phenoxy) is 1. The molecule has 0 saturated carbocycles. The number of hydrogen-bond acceptors (Lipinski definition) is 3. The van der Waals surface area contributed by atoms with Crippen molar-refractivity contribution >= 4 is 23.2 Å². The van der Waals surface area contributed by atoms with Gasteiger partial charge in [-0.2, -0.15) is 0 Å². The van der Waals surface area contributed by atoms with Crippen molar-refractivity contribution < 1.29 is 4.74 Å². The van der Waals surface area contributed by atoms with Gasteiger partial charge in [-0.3, -0.25) is 0 Å². The molecule has 0 bridgehead atoms. The van der Waals surface area contributed by atoms with Crippen LogP contribution in [0.1, 0.15) is 5.56 Å². The van der Waals surface area contributed by atoms with E-state index in [2.05, 4.69) is 16.9 Å². The van der Waals surface area contributed by atoms with Crippen LogP contribution in [-0.4, -0.2) is 16.7 Å². The van der Waals surface area contributed by atoms with E-state index in [9.17, 15) is 0 Å². The minimum atomic E-state index is 0.678. The van der Waals surface area contributed by atoms with E-state index in [0.717, 1.165) is 17.2 Å². The molecule has 0 radical (unpaired) electrons. The van der Waals surface area contributed by atoms with E-state index in [1.807, 2.05) is 29.8 Å². The molecule has 0 saturated heterocycles. The summed E-state index contributed by atoms with van der Waals surface area (Å²) < 4.78 is 7.28. The summed E-state index contributed by atoms with van der Waals surface area (Å²) in [5, 5.41) is 3.92. The monoisotopic (exact) mass is 277 g/mol. The Morgan fingerprint density at radius 3 is 3.00 bits per heavy atom. The lowest BCUT2D eigenvalue weighted by atomic mass is 10.2. The number of aromatic nitrogens is 2. The molecule has 0 amide bonds. The molecule has 0 spiro atoms. The first kappa shape index (κ1) is 13.5. The molecule has 0 atom stereocenters. The van der Waals surface area contributed by atoms with Crippen LogP contribution in [-0.2, 0) is 6.54 Å². The van der Waals surface area contributed by atoms with Crippen LogP contribution < -0.4 is 10.1 Å². The third-order valence-corrected chi connectivity index (χ3v) is 3.18. The Morgan fingerprint density at radius 1 is 1.53 bits per heavy atom. The zero-order chi connectivity index (χ0) is 13.8. The number of halogens is 1. The number of rotatable bonds is 5. The van der Waals surface area contributed by atoms with Gasteiger partial charge >= 0.3 is 0 Å². The first-order valence-corrected chi connectivity index (χ1v) is 6.26. The Bertz CT molecular complexity index is 592. The number of methoxy groups -OCH3 is 1. The lowest BCUT2D eigenvalue weighted by molar-refractivity contribution is 0.416. The van der Waals surface area contributed by atoms with Crippen molar-refractivity contribution in [1.29, 1.82) is 0 Å². The Labute approximate surface area is 117 Å². The van der Waals surface area contributed by atoms with Gasteiger partial charge in [0, 0.05) is 30.0 Å². The summed E-state index contributed by atoms with van der Waals surface area (Å²) in [7, 11) is 1.61. The van der Waals surface area contributed by atoms with Crippen LogP contribution in [0, 0.1) is 6.92 Å². The fourth-order valence-electron chi connectivity index (χ4n) is 1.77. The lowest BCUT2D eigenvalue weighted by Gasteiger charge is -2.13. The average molecular weight is 278 g/mol. The Balaban J connectivity index is 2.34. The zero-order valence-corrected chi connectivity index (χ0v) is 11.7. The zero-order valence-electron chi connectivity index (χ0n) is 11.0. The first-order valence-electron chi connectivity index (χ1n) is 5.89. The largest absolute Gasteiger partial charge is 0.495 e. The van der Waals surface area contributed by atoms with Gasteiger partial charge in [-0.15, -0.1) is 6.58 Å². The SMILES string of the molecule is C=CCn1ccnc1Nc1cc(C)c(Cl)cc1OC. The predicted octanol–water partition coefficient (Wildman–Crippen LogP) is 3.78. The van der Waals surface area contributed by atoms with Crippen LogP contribution in [0.4, 0.5) is 11.6 Å². The quantitative estimate of drug-likeness (QED) is 0.845. The standard InChI is InChI=1S/C14H16ClN3O/c1-4-6-18-7-5-16-14(18)17-12-8-10(2)11(15)9-13(12)19-3/h4-5,7-9H,1,6H2,2-3H3,(H,16,17). The molecule has 0 aliphatic heterocycles. The molecular formula is C14H16ClN3O. The second-order valence-electron chi connectivity index (χ2n) is 4.12. The van der Waals surface area contributed by atoms with Crippen LogP contribution in [0.3, 0.4) is 0 Å². The molecule has 0 aliphatic rings. The first-order chi connectivity index (χ1) is 9.15. The van der Waals surface area contributed by atoms with Crippen molar-refractivity contribution in [3.05, 3.63) is 47.8 Å². The molecule has 5 heteroatoms. The maximum atomic E-state index is 6.09. The van der Waals surface area contributed by atoms with Gasteiger partial charge in [-0.1, -0.05) is 17.7 Å². The summed E-state index contributed by atoms with van der Waals surface area (Å²) in [5.41, 5.74) is 1.81. The third-order valence-electron chi connectivity index (χ3n) is 2.77. The predicted molar refractivity (Wildman–Crippen MR) is 78.4 cm³/mol. The summed E-state index contributed by atoms with van der Waals surface area (Å²) in [6, 6.07) is 3.73. The summed E-state index contributed by atoms with van der Waals surface area (Å²) in [5.74, 6) is 1.42. The minimum Gasteiger partial charge on any atom is -0.495 e. The van der Waals surface area contributed by atoms with Gasteiger partial charge in [-0.05, 0) is 18.6 Å². The maximum Gasteiger partial charge on any atom is 0.207 e. The topological polar surface area (TPSA) is 39.1 Å². The Morgan fingerprint density at radius 2 is 2.32 bits per heavy atom. The van der Waals surface area contributed by atoms with E-state index < -0.39 is 0 Å². The number of anilines is 2. The van der Waals surface area contributed by atoms with Gasteiger partial charge in [0.25, 0.3) is 0 Å². The van der Waals surface area contributed by atoms with Gasteiger partial charge in [0.1, 0.15) is 5.75 Å². The van der Waals surface area contributed by atoms with Gasteiger partial charge in [0.2, 0.25) is 5.95 Å². The third kappa shape index (κ3) is 2.90. The van der Waals surface area contributed by atoms with Crippen LogP contribution >= 0.6 is 11.6 Å². The van der Waals surface area contributed by atoms with E-state index in [-0.39, 0.29) is 0 Å². The molecule has 4 nitrogen and oxygen atoms in total. The fourth-order valence-corrected chi connectivity index (χ4v) is 1.92. The molecule has 0 fully saturated rings. The Kier molecular flexibility index (Phi) is 4.12. The number of allylic oxidation sites excluding steroid dienone is 1. The smallest absolute Gasteiger partial charge is 0.207 e. The van der Waals surface area contributed by atoms with Crippen molar-refractivity contribution in [2.75, 3.05) is 12.4 Å². The number of nitrogens with one attached hydrogen (secondary N) is 1. The number of imidazole rings is 1. The summed E-state index contributed by atoms with van der Waals surface area (Å²) in [6.07, 6.45) is 5.44. The van der Waals surface area contributed by atoms with Gasteiger partial charge < -0.3 is 14.6 Å². The van der Waals surface area contributed by atoms with Crippen molar-refractivity contribution in [3.63, 3.8) is 0 Å². The second-order valence-corrected chi connectivity index (χ2v) is 4.53. The highest BCUT2D eigenvalue weighted by atomic mass is 35.5. The molecule has 19 heavy (non-hydrogen) atoms. The minimum absolute atomic E-state index is 0.678. The van der Waals surface area contributed by atoms with Crippen LogP contribution in [0.5, 0.6) is 5.75 Å². The molecule has 2 rings (SSSR count). The number of benzene rings is 1. The highest BCUT2D eigenvalue weighted by molar-refractivity contribution is 6.31. The van der Waals surface area contributed by atoms with Crippen molar-refractivity contribution in [2.45, 2.75) is 13.5 Å². The normalized spacial score (nSPS) is 10.3. The van der Waals surface area contributed by atoms with E-state index in [1.54, 1.807) is 19.4 Å². The van der Waals surface area contributed by atoms with E-state index in [1.165, 1.54) is 0 Å². The molecule has 0 unspecified atom stereocenters. The number of aryl methyl sites for hydroxylation is 1. The second kappa shape index (κ2) is 5.80. The number of hydrogen-bond donors (Lipinski definition) is 1. The van der Waals surface area contributed by atoms with Gasteiger partial charge in [0.15, 0.2) is 0 Å². The van der Waals surface area contributed by atoms with E-state index >= 15 is 0 Å². The molecule has 1 aromatic heterocycles. The van der Waals surface area contributed by atoms with Crippen molar-refractivity contribution in [2.24, 2.45) is 0 Å². The van der Waals surface area contributed by atoms with E-state index in [0.29, 0.717) is 17.3 Å². The molecule has 1 aromatic carbocycles. The average Bonchev–Trinajstić information content (AvgIpc) is 2.81. The van der Waals surface area contributed by atoms with Gasteiger partial charge in [0.05, 0.1) is 12.8 Å². The van der Waals surface area contributed by atoms with Crippen molar-refractivity contribution in [3.8, 4) is 5.75 Å². The highest BCUT2D eigenvalue weighted by Crippen LogP contribution is 2.32. The molecule has 1 N–H and O–H groups in total. The summed E-state index contributed by atoms with van der Waals surface area (Å²) in [6.45, 7) is 6.36. The van der Waals surface area contributed by atoms with Crippen LogP contribution in [0.15, 0.2) is 37.2 Å². The lowest BCUT2D eigenvalue weighted by Crippen LogP contribution is -2.03. The van der Waals surface area contributed by atoms with Crippen molar-refractivity contribution in [1.82, 2.24) is 9.55 Å². The maximum absolute atomic E-state index is 6.09. The molecular weight excluding hydrogens is 262 g/mol. The molecule has 100 valence electrons. The van der Waals surface area contributed by atoms with Crippen LogP contribution in [0.2, 0.25) is 5.02 Å². The number of nitrogens with zero attached hydrogens (tertiary/aromatic N) is 2. The molecule has 2 aromatic rings. The Hall–Kier alpha value is -1.94. The summed E-state index contributed by atoms with van der Waals surface area (Å²) >= 11 is 6.09.